The summed E-state index contributed by atoms with van der Waals surface area (Å²) in [6.45, 7) is 2.22. The van der Waals surface area contributed by atoms with Crippen molar-refractivity contribution < 1.29 is 4.79 Å². The predicted octanol–water partition coefficient (Wildman–Crippen LogP) is 4.94. The molecule has 0 aliphatic rings. The number of hydrogen-bond acceptors (Lipinski definition) is 2. The van der Waals surface area contributed by atoms with E-state index < -0.39 is 0 Å². The van der Waals surface area contributed by atoms with E-state index in [1.807, 2.05) is 42.5 Å². The first-order chi connectivity index (χ1) is 10.8. The lowest BCUT2D eigenvalue weighted by molar-refractivity contribution is -0.121. The lowest BCUT2D eigenvalue weighted by atomic mass is 10.1. The fraction of sp³-hybridized carbons (Fsp3) is 0.474. The van der Waals surface area contributed by atoms with Crippen molar-refractivity contribution in [3.63, 3.8) is 0 Å². The van der Waals surface area contributed by atoms with Gasteiger partial charge in [0.1, 0.15) is 0 Å². The molecule has 3 heteroatoms. The zero-order valence-corrected chi connectivity index (χ0v) is 13.6. The third-order valence-corrected chi connectivity index (χ3v) is 3.45. The summed E-state index contributed by atoms with van der Waals surface area (Å²) in [4.78, 5) is 11.6. The van der Waals surface area contributed by atoms with Crippen molar-refractivity contribution >= 4 is 18.2 Å². The maximum Gasteiger partial charge on any atom is 0.240 e. The molecule has 0 fully saturated rings. The number of nitrogens with one attached hydrogen (secondary N) is 1. The van der Waals surface area contributed by atoms with E-state index in [1.165, 1.54) is 32.1 Å². The summed E-state index contributed by atoms with van der Waals surface area (Å²) in [5.41, 5.74) is 3.67. The molecule has 0 saturated carbocycles. The largest absolute Gasteiger partial charge is 0.273 e. The van der Waals surface area contributed by atoms with E-state index in [4.69, 9.17) is 0 Å². The highest BCUT2D eigenvalue weighted by Gasteiger charge is 1.98. The monoisotopic (exact) mass is 300 g/mol. The Labute approximate surface area is 134 Å². The Morgan fingerprint density at radius 3 is 2.45 bits per heavy atom. The highest BCUT2D eigenvalue weighted by Crippen LogP contribution is 2.08. The van der Waals surface area contributed by atoms with E-state index in [0.717, 1.165) is 18.4 Å². The highest BCUT2D eigenvalue weighted by molar-refractivity contribution is 5.81. The lowest BCUT2D eigenvalue weighted by Crippen LogP contribution is -2.16. The topological polar surface area (TPSA) is 41.5 Å². The molecule has 0 aliphatic heterocycles. The van der Waals surface area contributed by atoms with E-state index >= 15 is 0 Å². The van der Waals surface area contributed by atoms with E-state index in [1.54, 1.807) is 6.21 Å². The summed E-state index contributed by atoms with van der Waals surface area (Å²) in [6, 6.07) is 9.99. The SMILES string of the molecule is CCCCCCCCCC(=O)NN=CC=Cc1ccccc1. The second-order valence-corrected chi connectivity index (χ2v) is 5.45. The summed E-state index contributed by atoms with van der Waals surface area (Å²) < 4.78 is 0. The van der Waals surface area contributed by atoms with Crippen LogP contribution < -0.4 is 5.43 Å². The van der Waals surface area contributed by atoms with Gasteiger partial charge in [0.2, 0.25) is 5.91 Å². The molecule has 1 aromatic carbocycles. The van der Waals surface area contributed by atoms with Gasteiger partial charge in [0.15, 0.2) is 0 Å². The van der Waals surface area contributed by atoms with Gasteiger partial charge in [0, 0.05) is 12.6 Å². The summed E-state index contributed by atoms with van der Waals surface area (Å²) in [7, 11) is 0. The summed E-state index contributed by atoms with van der Waals surface area (Å²) >= 11 is 0. The van der Waals surface area contributed by atoms with Gasteiger partial charge in [0.05, 0.1) is 0 Å². The van der Waals surface area contributed by atoms with Crippen LogP contribution in [-0.4, -0.2) is 12.1 Å². The van der Waals surface area contributed by atoms with Gasteiger partial charge in [-0.1, -0.05) is 81.9 Å². The number of amides is 1. The quantitative estimate of drug-likeness (QED) is 0.351. The number of allylic oxidation sites excluding steroid dienone is 1. The van der Waals surface area contributed by atoms with Crippen LogP contribution in [-0.2, 0) is 4.79 Å². The maximum atomic E-state index is 11.6. The molecule has 1 aromatic rings. The molecule has 0 aliphatic carbocycles. The van der Waals surface area contributed by atoms with Crippen LogP contribution in [0.2, 0.25) is 0 Å². The zero-order chi connectivity index (χ0) is 15.9. The minimum atomic E-state index is -0.00193. The third kappa shape index (κ3) is 9.92. The van der Waals surface area contributed by atoms with Crippen LogP contribution in [0.15, 0.2) is 41.5 Å². The molecule has 1 rings (SSSR count). The van der Waals surface area contributed by atoms with Crippen LogP contribution in [0.5, 0.6) is 0 Å². The number of hydrazone groups is 1. The molecule has 0 heterocycles. The van der Waals surface area contributed by atoms with Gasteiger partial charge in [0.25, 0.3) is 0 Å². The number of carbonyl (C=O) groups excluding carboxylic acids is 1. The summed E-state index contributed by atoms with van der Waals surface area (Å²) in [6.07, 6.45) is 14.5. The highest BCUT2D eigenvalue weighted by atomic mass is 16.2. The summed E-state index contributed by atoms with van der Waals surface area (Å²) in [5.74, 6) is -0.00193. The minimum absolute atomic E-state index is 0.00193. The van der Waals surface area contributed by atoms with Crippen molar-refractivity contribution in [1.82, 2.24) is 5.43 Å². The van der Waals surface area contributed by atoms with Crippen LogP contribution >= 0.6 is 0 Å². The van der Waals surface area contributed by atoms with Crippen molar-refractivity contribution in [2.45, 2.75) is 58.3 Å². The predicted molar refractivity (Wildman–Crippen MR) is 94.7 cm³/mol. The maximum absolute atomic E-state index is 11.6. The summed E-state index contributed by atoms with van der Waals surface area (Å²) in [5, 5.41) is 3.91. The molecular formula is C19H28N2O. The van der Waals surface area contributed by atoms with E-state index in [2.05, 4.69) is 17.5 Å². The molecule has 1 N–H and O–H groups in total. The molecule has 3 nitrogen and oxygen atoms in total. The van der Waals surface area contributed by atoms with Crippen molar-refractivity contribution in [3.05, 3.63) is 42.0 Å². The number of benzene rings is 1. The van der Waals surface area contributed by atoms with Crippen molar-refractivity contribution in [1.29, 1.82) is 0 Å². The molecule has 0 saturated heterocycles. The number of nitrogens with zero attached hydrogens (tertiary/aromatic N) is 1. The Morgan fingerprint density at radius 1 is 1.05 bits per heavy atom. The average Bonchev–Trinajstić information content (AvgIpc) is 2.54. The smallest absolute Gasteiger partial charge is 0.240 e. The van der Waals surface area contributed by atoms with Gasteiger partial charge in [-0.15, -0.1) is 0 Å². The Bertz CT molecular complexity index is 452. The molecule has 0 unspecified atom stereocenters. The molecular weight excluding hydrogens is 272 g/mol. The molecule has 0 aromatic heterocycles. The average molecular weight is 300 g/mol. The van der Waals surface area contributed by atoms with Gasteiger partial charge in [-0.2, -0.15) is 5.10 Å². The second-order valence-electron chi connectivity index (χ2n) is 5.45. The molecule has 0 spiro atoms. The Hall–Kier alpha value is -1.90. The molecule has 0 radical (unpaired) electrons. The molecule has 1 amide bonds. The molecule has 120 valence electrons. The molecule has 0 atom stereocenters. The lowest BCUT2D eigenvalue weighted by Gasteiger charge is -2.00. The van der Waals surface area contributed by atoms with Crippen LogP contribution in [0.25, 0.3) is 6.08 Å². The minimum Gasteiger partial charge on any atom is -0.273 e. The molecule has 22 heavy (non-hydrogen) atoms. The van der Waals surface area contributed by atoms with Gasteiger partial charge < -0.3 is 0 Å². The van der Waals surface area contributed by atoms with Gasteiger partial charge in [-0.05, 0) is 18.1 Å². The fourth-order valence-electron chi connectivity index (χ4n) is 2.17. The van der Waals surface area contributed by atoms with Crippen LogP contribution in [0.4, 0.5) is 0 Å². The Balaban J connectivity index is 2.03. The van der Waals surface area contributed by atoms with Crippen LogP contribution in [0.1, 0.15) is 63.9 Å². The van der Waals surface area contributed by atoms with Gasteiger partial charge >= 0.3 is 0 Å². The number of carbonyl (C=O) groups is 1. The number of unbranched alkanes of at least 4 members (excludes halogenated alkanes) is 6. The Kier molecular flexibility index (Phi) is 10.6. The standard InChI is InChI=1S/C19H28N2O/c1-2-3-4-5-6-7-11-16-19(22)21-20-17-12-15-18-13-9-8-10-14-18/h8-10,12-15,17H,2-7,11,16H2,1H3,(H,21,22). The van der Waals surface area contributed by atoms with E-state index in [9.17, 15) is 4.79 Å². The first kappa shape index (κ1) is 18.1. The van der Waals surface area contributed by atoms with Crippen molar-refractivity contribution in [2.24, 2.45) is 5.10 Å². The second kappa shape index (κ2) is 12.8. The first-order valence-electron chi connectivity index (χ1n) is 8.36. The Morgan fingerprint density at radius 2 is 1.73 bits per heavy atom. The van der Waals surface area contributed by atoms with Crippen LogP contribution in [0.3, 0.4) is 0 Å². The van der Waals surface area contributed by atoms with Gasteiger partial charge in [-0.25, -0.2) is 5.43 Å². The first-order valence-corrected chi connectivity index (χ1v) is 8.36. The van der Waals surface area contributed by atoms with Crippen molar-refractivity contribution in [2.75, 3.05) is 0 Å². The fourth-order valence-corrected chi connectivity index (χ4v) is 2.17. The normalized spacial score (nSPS) is 11.3. The number of rotatable bonds is 11. The molecule has 0 bridgehead atoms. The zero-order valence-electron chi connectivity index (χ0n) is 13.6. The van der Waals surface area contributed by atoms with E-state index in [-0.39, 0.29) is 5.91 Å². The number of hydrogen-bond donors (Lipinski definition) is 1. The van der Waals surface area contributed by atoms with Crippen molar-refractivity contribution in [3.8, 4) is 0 Å². The van der Waals surface area contributed by atoms with Crippen LogP contribution in [0, 0.1) is 0 Å². The van der Waals surface area contributed by atoms with Gasteiger partial charge in [-0.3, -0.25) is 4.79 Å². The third-order valence-electron chi connectivity index (χ3n) is 3.45. The van der Waals surface area contributed by atoms with E-state index in [0.29, 0.717) is 6.42 Å².